The normalized spacial score (nSPS) is 15.2. The highest BCUT2D eigenvalue weighted by Gasteiger charge is 2.19. The molecule has 1 heterocycles. The van der Waals surface area contributed by atoms with Crippen LogP contribution in [0.5, 0.6) is 5.75 Å². The molecule has 19 heavy (non-hydrogen) atoms. The van der Waals surface area contributed by atoms with Crippen molar-refractivity contribution in [3.63, 3.8) is 0 Å². The minimum absolute atomic E-state index is 0.0172. The van der Waals surface area contributed by atoms with Gasteiger partial charge in [-0.1, -0.05) is 11.6 Å². The second-order valence-electron chi connectivity index (χ2n) is 5.04. The van der Waals surface area contributed by atoms with Gasteiger partial charge in [-0.05, 0) is 32.0 Å². The Morgan fingerprint density at radius 3 is 2.84 bits per heavy atom. The molecule has 4 nitrogen and oxygen atoms in total. The van der Waals surface area contributed by atoms with Crippen LogP contribution in [0.15, 0.2) is 18.2 Å². The molecular weight excluding hydrogens is 264 g/mol. The SMILES string of the molecule is CC(C)Oc1ccc(Cl)cc1C(=O)NCC1CNC1. The van der Waals surface area contributed by atoms with E-state index in [9.17, 15) is 4.79 Å². The fraction of sp³-hybridized carbons (Fsp3) is 0.500. The number of hydrogen-bond donors (Lipinski definition) is 2. The molecule has 5 heteroatoms. The second-order valence-corrected chi connectivity index (χ2v) is 5.48. The molecule has 1 aliphatic rings. The number of halogens is 1. The van der Waals surface area contributed by atoms with Crippen molar-refractivity contribution < 1.29 is 9.53 Å². The zero-order valence-electron chi connectivity index (χ0n) is 11.2. The number of hydrogen-bond acceptors (Lipinski definition) is 3. The molecule has 104 valence electrons. The van der Waals surface area contributed by atoms with E-state index in [0.717, 1.165) is 13.1 Å². The number of benzene rings is 1. The molecule has 2 rings (SSSR count). The number of carbonyl (C=O) groups excluding carboxylic acids is 1. The Labute approximate surface area is 118 Å². The summed E-state index contributed by atoms with van der Waals surface area (Å²) in [5.41, 5.74) is 0.494. The number of ether oxygens (including phenoxy) is 1. The van der Waals surface area contributed by atoms with Gasteiger partial charge in [-0.15, -0.1) is 0 Å². The Hall–Kier alpha value is -1.26. The number of nitrogens with one attached hydrogen (secondary N) is 2. The predicted molar refractivity (Wildman–Crippen MR) is 75.9 cm³/mol. The molecule has 0 bridgehead atoms. The highest BCUT2D eigenvalue weighted by molar-refractivity contribution is 6.31. The fourth-order valence-electron chi connectivity index (χ4n) is 1.86. The third-order valence-electron chi connectivity index (χ3n) is 2.97. The Balaban J connectivity index is 2.06. The average molecular weight is 283 g/mol. The fourth-order valence-corrected chi connectivity index (χ4v) is 2.03. The summed E-state index contributed by atoms with van der Waals surface area (Å²) < 4.78 is 5.64. The predicted octanol–water partition coefficient (Wildman–Crippen LogP) is 2.08. The van der Waals surface area contributed by atoms with Crippen LogP contribution in [0.25, 0.3) is 0 Å². The summed E-state index contributed by atoms with van der Waals surface area (Å²) in [5, 5.41) is 6.63. The molecule has 0 spiro atoms. The lowest BCUT2D eigenvalue weighted by Crippen LogP contribution is -2.48. The van der Waals surface area contributed by atoms with Gasteiger partial charge in [-0.2, -0.15) is 0 Å². The van der Waals surface area contributed by atoms with Crippen molar-refractivity contribution in [3.05, 3.63) is 28.8 Å². The van der Waals surface area contributed by atoms with Crippen molar-refractivity contribution in [3.8, 4) is 5.75 Å². The number of amides is 1. The molecule has 1 fully saturated rings. The van der Waals surface area contributed by atoms with E-state index in [4.69, 9.17) is 16.3 Å². The standard InChI is InChI=1S/C14H19ClN2O2/c1-9(2)19-13-4-3-11(15)5-12(13)14(18)17-8-10-6-16-7-10/h3-5,9-10,16H,6-8H2,1-2H3,(H,17,18). The van der Waals surface area contributed by atoms with Gasteiger partial charge in [-0.25, -0.2) is 0 Å². The van der Waals surface area contributed by atoms with Gasteiger partial charge >= 0.3 is 0 Å². The molecule has 0 radical (unpaired) electrons. The Kier molecular flexibility index (Phi) is 4.66. The third kappa shape index (κ3) is 3.85. The molecule has 0 atom stereocenters. The first-order valence-corrected chi connectivity index (χ1v) is 6.89. The van der Waals surface area contributed by atoms with Gasteiger partial charge in [0, 0.05) is 30.6 Å². The summed E-state index contributed by atoms with van der Waals surface area (Å²) in [6.07, 6.45) is 0.0172. The van der Waals surface area contributed by atoms with Crippen molar-refractivity contribution in [1.29, 1.82) is 0 Å². The molecule has 1 saturated heterocycles. The largest absolute Gasteiger partial charge is 0.490 e. The van der Waals surface area contributed by atoms with Gasteiger partial charge in [0.05, 0.1) is 11.7 Å². The number of rotatable bonds is 5. The average Bonchev–Trinajstić information content (AvgIpc) is 2.28. The third-order valence-corrected chi connectivity index (χ3v) is 3.20. The van der Waals surface area contributed by atoms with Crippen molar-refractivity contribution >= 4 is 17.5 Å². The minimum Gasteiger partial charge on any atom is -0.490 e. The van der Waals surface area contributed by atoms with Crippen LogP contribution in [0.4, 0.5) is 0 Å². The van der Waals surface area contributed by atoms with E-state index in [1.54, 1.807) is 18.2 Å². The Morgan fingerprint density at radius 1 is 1.53 bits per heavy atom. The summed E-state index contributed by atoms with van der Waals surface area (Å²) >= 11 is 5.95. The molecule has 0 aromatic heterocycles. The van der Waals surface area contributed by atoms with E-state index >= 15 is 0 Å². The van der Waals surface area contributed by atoms with Gasteiger partial charge in [-0.3, -0.25) is 4.79 Å². The van der Waals surface area contributed by atoms with E-state index in [-0.39, 0.29) is 12.0 Å². The first-order valence-electron chi connectivity index (χ1n) is 6.51. The van der Waals surface area contributed by atoms with Crippen molar-refractivity contribution in [2.75, 3.05) is 19.6 Å². The quantitative estimate of drug-likeness (QED) is 0.869. The minimum atomic E-state index is -0.134. The van der Waals surface area contributed by atoms with Crippen LogP contribution < -0.4 is 15.4 Å². The Morgan fingerprint density at radius 2 is 2.26 bits per heavy atom. The highest BCUT2D eigenvalue weighted by Crippen LogP contribution is 2.24. The van der Waals surface area contributed by atoms with E-state index in [2.05, 4.69) is 10.6 Å². The maximum absolute atomic E-state index is 12.2. The monoisotopic (exact) mass is 282 g/mol. The van der Waals surface area contributed by atoms with Crippen molar-refractivity contribution in [2.45, 2.75) is 20.0 Å². The maximum Gasteiger partial charge on any atom is 0.255 e. The lowest BCUT2D eigenvalue weighted by atomic mass is 10.0. The van der Waals surface area contributed by atoms with E-state index in [0.29, 0.717) is 28.8 Å². The molecule has 1 amide bonds. The summed E-state index contributed by atoms with van der Waals surface area (Å²) in [7, 11) is 0. The molecular formula is C14H19ClN2O2. The van der Waals surface area contributed by atoms with Crippen LogP contribution in [0.1, 0.15) is 24.2 Å². The van der Waals surface area contributed by atoms with E-state index < -0.39 is 0 Å². The summed E-state index contributed by atoms with van der Waals surface area (Å²) in [6.45, 7) is 6.46. The lowest BCUT2D eigenvalue weighted by Gasteiger charge is -2.27. The van der Waals surface area contributed by atoms with Crippen LogP contribution >= 0.6 is 11.6 Å². The topological polar surface area (TPSA) is 50.4 Å². The lowest BCUT2D eigenvalue weighted by molar-refractivity contribution is 0.0936. The molecule has 1 aliphatic heterocycles. The maximum atomic E-state index is 12.2. The van der Waals surface area contributed by atoms with Crippen LogP contribution in [0.2, 0.25) is 5.02 Å². The summed E-state index contributed by atoms with van der Waals surface area (Å²) in [5.74, 6) is 0.964. The first-order chi connectivity index (χ1) is 9.06. The van der Waals surface area contributed by atoms with Crippen LogP contribution in [-0.4, -0.2) is 31.6 Å². The second kappa shape index (κ2) is 6.26. The molecule has 0 unspecified atom stereocenters. The highest BCUT2D eigenvalue weighted by atomic mass is 35.5. The molecule has 1 aromatic carbocycles. The zero-order valence-corrected chi connectivity index (χ0v) is 12.0. The van der Waals surface area contributed by atoms with Crippen molar-refractivity contribution in [2.24, 2.45) is 5.92 Å². The van der Waals surface area contributed by atoms with Gasteiger partial charge in [0.2, 0.25) is 0 Å². The molecule has 0 aliphatic carbocycles. The van der Waals surface area contributed by atoms with Crippen LogP contribution in [-0.2, 0) is 0 Å². The summed E-state index contributed by atoms with van der Waals surface area (Å²) in [6, 6.07) is 5.11. The van der Waals surface area contributed by atoms with Gasteiger partial charge in [0.15, 0.2) is 0 Å². The van der Waals surface area contributed by atoms with Crippen LogP contribution in [0, 0.1) is 5.92 Å². The van der Waals surface area contributed by atoms with E-state index in [1.165, 1.54) is 0 Å². The molecule has 0 saturated carbocycles. The van der Waals surface area contributed by atoms with Gasteiger partial charge in [0.25, 0.3) is 5.91 Å². The number of carbonyl (C=O) groups is 1. The smallest absolute Gasteiger partial charge is 0.255 e. The Bertz CT molecular complexity index is 459. The van der Waals surface area contributed by atoms with Gasteiger partial charge < -0.3 is 15.4 Å². The summed E-state index contributed by atoms with van der Waals surface area (Å²) in [4.78, 5) is 12.2. The zero-order chi connectivity index (χ0) is 13.8. The molecule has 1 aromatic rings. The van der Waals surface area contributed by atoms with Crippen molar-refractivity contribution in [1.82, 2.24) is 10.6 Å². The van der Waals surface area contributed by atoms with E-state index in [1.807, 2.05) is 13.8 Å². The van der Waals surface area contributed by atoms with Crippen LogP contribution in [0.3, 0.4) is 0 Å². The van der Waals surface area contributed by atoms with Gasteiger partial charge in [0.1, 0.15) is 5.75 Å². The molecule has 2 N–H and O–H groups in total. The first kappa shape index (κ1) is 14.2.